The van der Waals surface area contributed by atoms with E-state index in [0.717, 1.165) is 0 Å². The smallest absolute Gasteiger partial charge is 0.00693 e. The summed E-state index contributed by atoms with van der Waals surface area (Å²) in [5.41, 5.74) is 2.66. The zero-order valence-electron chi connectivity index (χ0n) is 10.2. The van der Waals surface area contributed by atoms with Gasteiger partial charge >= 0.3 is 0 Å². The van der Waals surface area contributed by atoms with Gasteiger partial charge in [0.15, 0.2) is 0 Å². The molecule has 82 valence electrons. The molecule has 1 aliphatic carbocycles. The van der Waals surface area contributed by atoms with Crippen LogP contribution >= 0.6 is 0 Å². The maximum absolute atomic E-state index is 2.33. The molecule has 2 rings (SSSR count). The third-order valence-electron chi connectivity index (χ3n) is 2.96. The second-order valence-corrected chi connectivity index (χ2v) is 4.38. The van der Waals surface area contributed by atoms with E-state index in [-0.39, 0.29) is 0 Å². The number of aryl methyl sites for hydroxylation is 1. The van der Waals surface area contributed by atoms with Crippen LogP contribution in [0, 0.1) is 12.8 Å². The van der Waals surface area contributed by atoms with Crippen molar-refractivity contribution in [2.24, 2.45) is 5.92 Å². The molecule has 0 fully saturated rings. The molecule has 0 spiro atoms. The Hall–Kier alpha value is -1.56. The predicted molar refractivity (Wildman–Crippen MR) is 71.4 cm³/mol. The maximum Gasteiger partial charge on any atom is -0.00693 e. The molecule has 1 aliphatic rings. The standard InChI is InChI=1S/C16H18/c1-4-6-14-10-9-12(2)11-15-8-5-7-13(3)16(14)15/h4-12H,1-3H3/b6-4-. The minimum atomic E-state index is 0.503. The SMILES string of the molecule is C/C=C\C1=c2c(C)cccc2=CC(C)C=C1. The van der Waals surface area contributed by atoms with Crippen LogP contribution in [0.2, 0.25) is 0 Å². The van der Waals surface area contributed by atoms with Crippen LogP contribution < -0.4 is 10.4 Å². The van der Waals surface area contributed by atoms with Gasteiger partial charge in [-0.15, -0.1) is 0 Å². The quantitative estimate of drug-likeness (QED) is 0.668. The fourth-order valence-corrected chi connectivity index (χ4v) is 2.22. The topological polar surface area (TPSA) is 0 Å². The lowest BCUT2D eigenvalue weighted by atomic mass is 10.1. The molecule has 0 N–H and O–H groups in total. The van der Waals surface area contributed by atoms with Crippen LogP contribution in [0.1, 0.15) is 19.4 Å². The third-order valence-corrected chi connectivity index (χ3v) is 2.96. The molecule has 0 saturated carbocycles. The number of hydrogen-bond acceptors (Lipinski definition) is 0. The molecule has 1 aromatic rings. The van der Waals surface area contributed by atoms with Crippen molar-refractivity contribution in [3.8, 4) is 0 Å². The van der Waals surface area contributed by atoms with Crippen LogP contribution in [0.4, 0.5) is 0 Å². The summed E-state index contributed by atoms with van der Waals surface area (Å²) in [6.45, 7) is 6.47. The predicted octanol–water partition coefficient (Wildman–Crippen LogP) is 2.71. The normalized spacial score (nSPS) is 19.4. The highest BCUT2D eigenvalue weighted by atomic mass is 14.1. The van der Waals surface area contributed by atoms with E-state index in [1.807, 2.05) is 0 Å². The Kier molecular flexibility index (Phi) is 3.09. The van der Waals surface area contributed by atoms with E-state index in [2.05, 4.69) is 69.4 Å². The molecular formula is C16H18. The lowest BCUT2D eigenvalue weighted by molar-refractivity contribution is 0.998. The zero-order valence-corrected chi connectivity index (χ0v) is 10.2. The largest absolute Gasteiger partial charge is 0.0870 e. The highest BCUT2D eigenvalue weighted by Crippen LogP contribution is 2.08. The summed E-state index contributed by atoms with van der Waals surface area (Å²) in [5.74, 6) is 0.503. The second-order valence-electron chi connectivity index (χ2n) is 4.38. The lowest BCUT2D eigenvalue weighted by Gasteiger charge is -1.99. The van der Waals surface area contributed by atoms with Crippen LogP contribution in [-0.2, 0) is 0 Å². The molecule has 0 radical (unpaired) electrons. The summed E-state index contributed by atoms with van der Waals surface area (Å²) in [7, 11) is 0. The Morgan fingerprint density at radius 3 is 2.81 bits per heavy atom. The van der Waals surface area contributed by atoms with Crippen molar-refractivity contribution in [2.75, 3.05) is 0 Å². The molecule has 0 bridgehead atoms. The number of hydrogen-bond donors (Lipinski definition) is 0. The average Bonchev–Trinajstić information content (AvgIpc) is 2.40. The number of rotatable bonds is 1. The number of allylic oxidation sites excluding steroid dienone is 4. The molecule has 1 aromatic carbocycles. The van der Waals surface area contributed by atoms with Gasteiger partial charge < -0.3 is 0 Å². The van der Waals surface area contributed by atoms with Crippen LogP contribution in [0.15, 0.2) is 42.5 Å². The van der Waals surface area contributed by atoms with Gasteiger partial charge in [0.2, 0.25) is 0 Å². The molecular weight excluding hydrogens is 192 g/mol. The van der Waals surface area contributed by atoms with E-state index in [4.69, 9.17) is 0 Å². The Morgan fingerprint density at radius 2 is 2.06 bits per heavy atom. The highest BCUT2D eigenvalue weighted by molar-refractivity contribution is 5.69. The summed E-state index contributed by atoms with van der Waals surface area (Å²) >= 11 is 0. The monoisotopic (exact) mass is 210 g/mol. The average molecular weight is 210 g/mol. The van der Waals surface area contributed by atoms with Gasteiger partial charge in [0.1, 0.15) is 0 Å². The van der Waals surface area contributed by atoms with Crippen LogP contribution in [0.25, 0.3) is 11.6 Å². The van der Waals surface area contributed by atoms with Gasteiger partial charge in [0.05, 0.1) is 0 Å². The van der Waals surface area contributed by atoms with Crippen LogP contribution in [0.3, 0.4) is 0 Å². The first kappa shape index (κ1) is 10.9. The van der Waals surface area contributed by atoms with Gasteiger partial charge in [0, 0.05) is 0 Å². The van der Waals surface area contributed by atoms with Crippen molar-refractivity contribution in [1.29, 1.82) is 0 Å². The van der Waals surface area contributed by atoms with Crippen LogP contribution in [0.5, 0.6) is 0 Å². The lowest BCUT2D eigenvalue weighted by Crippen LogP contribution is -2.28. The molecule has 0 aliphatic heterocycles. The summed E-state index contributed by atoms with van der Waals surface area (Å²) in [6, 6.07) is 6.52. The van der Waals surface area contributed by atoms with Gasteiger partial charge in [-0.25, -0.2) is 0 Å². The summed E-state index contributed by atoms with van der Waals surface area (Å²) in [5, 5.41) is 2.73. The Bertz CT molecular complexity index is 556. The zero-order chi connectivity index (χ0) is 11.5. The Morgan fingerprint density at radius 1 is 1.25 bits per heavy atom. The molecule has 0 heteroatoms. The fourth-order valence-electron chi connectivity index (χ4n) is 2.22. The van der Waals surface area contributed by atoms with Gasteiger partial charge in [-0.3, -0.25) is 0 Å². The molecule has 0 nitrogen and oxygen atoms in total. The third kappa shape index (κ3) is 2.01. The van der Waals surface area contributed by atoms with Gasteiger partial charge in [-0.05, 0) is 41.3 Å². The van der Waals surface area contributed by atoms with Crippen molar-refractivity contribution < 1.29 is 0 Å². The minimum Gasteiger partial charge on any atom is -0.0870 e. The van der Waals surface area contributed by atoms with Gasteiger partial charge in [-0.1, -0.05) is 55.5 Å². The van der Waals surface area contributed by atoms with Gasteiger partial charge in [0.25, 0.3) is 0 Å². The van der Waals surface area contributed by atoms with E-state index in [1.54, 1.807) is 0 Å². The second kappa shape index (κ2) is 4.52. The maximum atomic E-state index is 2.33. The molecule has 0 saturated heterocycles. The Labute approximate surface area is 97.3 Å². The van der Waals surface area contributed by atoms with E-state index in [1.165, 1.54) is 21.6 Å². The van der Waals surface area contributed by atoms with Crippen molar-refractivity contribution >= 4 is 11.6 Å². The molecule has 0 amide bonds. The van der Waals surface area contributed by atoms with E-state index in [9.17, 15) is 0 Å². The summed E-state index contributed by atoms with van der Waals surface area (Å²) in [4.78, 5) is 0. The van der Waals surface area contributed by atoms with E-state index < -0.39 is 0 Å². The molecule has 0 aromatic heterocycles. The Balaban J connectivity index is 2.89. The first-order chi connectivity index (χ1) is 7.72. The fraction of sp³-hybridized carbons (Fsp3) is 0.250. The van der Waals surface area contributed by atoms with E-state index >= 15 is 0 Å². The summed E-state index contributed by atoms with van der Waals surface area (Å²) < 4.78 is 0. The van der Waals surface area contributed by atoms with Crippen molar-refractivity contribution in [1.82, 2.24) is 0 Å². The molecule has 1 atom stereocenters. The molecule has 16 heavy (non-hydrogen) atoms. The first-order valence-electron chi connectivity index (χ1n) is 5.85. The highest BCUT2D eigenvalue weighted by Gasteiger charge is 2.02. The van der Waals surface area contributed by atoms with Crippen molar-refractivity contribution in [2.45, 2.75) is 20.8 Å². The molecule has 1 unspecified atom stereocenters. The number of benzene rings is 1. The first-order valence-corrected chi connectivity index (χ1v) is 5.85. The summed E-state index contributed by atoms with van der Waals surface area (Å²) in [6.07, 6.45) is 11.1. The van der Waals surface area contributed by atoms with E-state index in [0.29, 0.717) is 5.92 Å². The minimum absolute atomic E-state index is 0.503. The van der Waals surface area contributed by atoms with Crippen LogP contribution in [-0.4, -0.2) is 0 Å². The number of fused-ring (bicyclic) bond motifs is 1. The molecule has 0 heterocycles. The van der Waals surface area contributed by atoms with Gasteiger partial charge in [-0.2, -0.15) is 0 Å². The van der Waals surface area contributed by atoms with Crippen molar-refractivity contribution in [3.05, 3.63) is 58.5 Å². The van der Waals surface area contributed by atoms with Crippen molar-refractivity contribution in [3.63, 3.8) is 0 Å².